The summed E-state index contributed by atoms with van der Waals surface area (Å²) in [6.45, 7) is 0.165. The number of hydrogen-bond acceptors (Lipinski definition) is 1. The van der Waals surface area contributed by atoms with Gasteiger partial charge in [-0.2, -0.15) is 0 Å². The van der Waals surface area contributed by atoms with E-state index in [1.54, 1.807) is 18.2 Å². The molecule has 5 heteroatoms. The van der Waals surface area contributed by atoms with E-state index in [4.69, 9.17) is 16.7 Å². The number of aromatic nitrogens is 1. The lowest BCUT2D eigenvalue weighted by atomic mass is 10.2. The van der Waals surface area contributed by atoms with Crippen molar-refractivity contribution in [1.29, 1.82) is 0 Å². The molecule has 0 amide bonds. The monoisotopic (exact) mass is 241 g/mol. The lowest BCUT2D eigenvalue weighted by molar-refractivity contribution is -0.137. The second kappa shape index (κ2) is 4.14. The molecule has 1 aromatic heterocycles. The summed E-state index contributed by atoms with van der Waals surface area (Å²) < 4.78 is 15.0. The summed E-state index contributed by atoms with van der Waals surface area (Å²) in [5.74, 6) is -1.33. The van der Waals surface area contributed by atoms with E-state index < -0.39 is 11.8 Å². The molecule has 0 fully saturated rings. The van der Waals surface area contributed by atoms with Gasteiger partial charge in [0, 0.05) is 11.9 Å². The molecule has 84 valence electrons. The number of carboxylic acid groups (broad SMARTS) is 1. The molecule has 0 aliphatic carbocycles. The van der Waals surface area contributed by atoms with E-state index in [0.29, 0.717) is 16.1 Å². The van der Waals surface area contributed by atoms with Crippen LogP contribution in [0.1, 0.15) is 6.42 Å². The highest BCUT2D eigenvalue weighted by Gasteiger charge is 2.11. The van der Waals surface area contributed by atoms with Gasteiger partial charge in [0.05, 0.1) is 11.9 Å². The van der Waals surface area contributed by atoms with Crippen LogP contribution in [0.2, 0.25) is 5.15 Å². The zero-order valence-corrected chi connectivity index (χ0v) is 9.04. The summed E-state index contributed by atoms with van der Waals surface area (Å²) in [6.07, 6.45) is -0.0855. The number of hydrogen-bond donors (Lipinski definition) is 1. The van der Waals surface area contributed by atoms with Gasteiger partial charge < -0.3 is 9.67 Å². The summed E-state index contributed by atoms with van der Waals surface area (Å²) in [7, 11) is 0. The van der Waals surface area contributed by atoms with Crippen molar-refractivity contribution in [2.24, 2.45) is 0 Å². The SMILES string of the molecule is O=C(O)CCn1c(Cl)cc2cccc(F)c21. The highest BCUT2D eigenvalue weighted by atomic mass is 35.5. The van der Waals surface area contributed by atoms with Gasteiger partial charge in [0.25, 0.3) is 0 Å². The molecule has 0 radical (unpaired) electrons. The standard InChI is InChI=1S/C11H9ClFNO2/c12-9-6-7-2-1-3-8(13)11(7)14(9)5-4-10(15)16/h1-3,6H,4-5H2,(H,15,16). The first-order valence-corrected chi connectivity index (χ1v) is 5.12. The van der Waals surface area contributed by atoms with Crippen molar-refractivity contribution < 1.29 is 14.3 Å². The minimum Gasteiger partial charge on any atom is -0.481 e. The number of carboxylic acids is 1. The van der Waals surface area contributed by atoms with Crippen molar-refractivity contribution in [3.63, 3.8) is 0 Å². The first-order chi connectivity index (χ1) is 7.59. The lowest BCUT2D eigenvalue weighted by Gasteiger charge is -2.05. The number of rotatable bonds is 3. The fraction of sp³-hybridized carbons (Fsp3) is 0.182. The van der Waals surface area contributed by atoms with Crippen LogP contribution in [0.25, 0.3) is 10.9 Å². The Balaban J connectivity index is 2.50. The molecule has 1 heterocycles. The van der Waals surface area contributed by atoms with Gasteiger partial charge in [0.15, 0.2) is 0 Å². The second-order valence-corrected chi connectivity index (χ2v) is 3.83. The smallest absolute Gasteiger partial charge is 0.305 e. The van der Waals surface area contributed by atoms with Crippen LogP contribution in [0.15, 0.2) is 24.3 Å². The fourth-order valence-corrected chi connectivity index (χ4v) is 1.96. The number of para-hydroxylation sites is 1. The van der Waals surface area contributed by atoms with Crippen LogP contribution >= 0.6 is 11.6 Å². The third kappa shape index (κ3) is 1.88. The molecule has 1 N–H and O–H groups in total. The first kappa shape index (κ1) is 11.0. The number of aryl methyl sites for hydroxylation is 1. The summed E-state index contributed by atoms with van der Waals surface area (Å²) in [6, 6.07) is 6.29. The van der Waals surface area contributed by atoms with Gasteiger partial charge in [-0.15, -0.1) is 0 Å². The number of aliphatic carboxylic acids is 1. The second-order valence-electron chi connectivity index (χ2n) is 3.44. The Kier molecular flexibility index (Phi) is 2.83. The van der Waals surface area contributed by atoms with Crippen LogP contribution in [0.5, 0.6) is 0 Å². The summed E-state index contributed by atoms with van der Waals surface area (Å²) in [4.78, 5) is 10.5. The first-order valence-electron chi connectivity index (χ1n) is 4.74. The molecule has 0 bridgehead atoms. The van der Waals surface area contributed by atoms with E-state index in [1.807, 2.05) is 0 Å². The Hall–Kier alpha value is -1.55. The molecule has 0 aliphatic heterocycles. The Morgan fingerprint density at radius 1 is 1.50 bits per heavy atom. The van der Waals surface area contributed by atoms with Gasteiger partial charge in [-0.25, -0.2) is 4.39 Å². The maximum atomic E-state index is 13.6. The molecule has 0 aliphatic rings. The van der Waals surface area contributed by atoms with Gasteiger partial charge >= 0.3 is 5.97 Å². The predicted molar refractivity (Wildman–Crippen MR) is 59.2 cm³/mol. The van der Waals surface area contributed by atoms with Crippen LogP contribution in [0.3, 0.4) is 0 Å². The molecule has 2 aromatic rings. The van der Waals surface area contributed by atoms with Crippen LogP contribution in [0.4, 0.5) is 4.39 Å². The molecule has 0 atom stereocenters. The summed E-state index contributed by atoms with van der Waals surface area (Å²) in [5.41, 5.74) is 0.355. The van der Waals surface area contributed by atoms with Crippen molar-refractivity contribution in [1.82, 2.24) is 4.57 Å². The number of benzene rings is 1. The zero-order valence-electron chi connectivity index (χ0n) is 8.28. The van der Waals surface area contributed by atoms with E-state index in [9.17, 15) is 9.18 Å². The minimum atomic E-state index is -0.936. The van der Waals surface area contributed by atoms with Crippen LogP contribution in [0, 0.1) is 5.82 Å². The normalized spacial score (nSPS) is 10.9. The van der Waals surface area contributed by atoms with Crippen molar-refractivity contribution >= 4 is 28.5 Å². The average molecular weight is 242 g/mol. The Morgan fingerprint density at radius 3 is 2.94 bits per heavy atom. The predicted octanol–water partition coefficient (Wildman–Crippen LogP) is 2.91. The van der Waals surface area contributed by atoms with Gasteiger partial charge in [0.1, 0.15) is 11.0 Å². The van der Waals surface area contributed by atoms with Gasteiger partial charge in [0.2, 0.25) is 0 Å². The number of carbonyl (C=O) groups is 1. The van der Waals surface area contributed by atoms with Gasteiger partial charge in [-0.05, 0) is 12.1 Å². The van der Waals surface area contributed by atoms with Crippen molar-refractivity contribution in [3.05, 3.63) is 35.2 Å². The summed E-state index contributed by atoms with van der Waals surface area (Å²) >= 11 is 5.93. The van der Waals surface area contributed by atoms with Crippen molar-refractivity contribution in [2.45, 2.75) is 13.0 Å². The van der Waals surface area contributed by atoms with E-state index in [0.717, 1.165) is 0 Å². The van der Waals surface area contributed by atoms with E-state index in [2.05, 4.69) is 0 Å². The topological polar surface area (TPSA) is 42.2 Å². The van der Waals surface area contributed by atoms with E-state index in [1.165, 1.54) is 10.6 Å². The third-order valence-electron chi connectivity index (χ3n) is 2.37. The maximum absolute atomic E-state index is 13.6. The van der Waals surface area contributed by atoms with Gasteiger partial charge in [-0.1, -0.05) is 23.7 Å². The molecule has 0 unspecified atom stereocenters. The van der Waals surface area contributed by atoms with Crippen LogP contribution < -0.4 is 0 Å². The number of fused-ring (bicyclic) bond motifs is 1. The number of nitrogens with zero attached hydrogens (tertiary/aromatic N) is 1. The molecule has 2 rings (SSSR count). The lowest BCUT2D eigenvalue weighted by Crippen LogP contribution is -2.05. The number of halogens is 2. The Bertz CT molecular complexity index is 550. The highest BCUT2D eigenvalue weighted by Crippen LogP contribution is 2.26. The van der Waals surface area contributed by atoms with Crippen LogP contribution in [-0.4, -0.2) is 15.6 Å². The summed E-state index contributed by atoms with van der Waals surface area (Å²) in [5, 5.41) is 9.62. The Morgan fingerprint density at radius 2 is 2.25 bits per heavy atom. The minimum absolute atomic E-state index is 0.0855. The fourth-order valence-electron chi connectivity index (χ4n) is 1.67. The van der Waals surface area contributed by atoms with E-state index >= 15 is 0 Å². The largest absolute Gasteiger partial charge is 0.481 e. The van der Waals surface area contributed by atoms with Crippen LogP contribution in [-0.2, 0) is 11.3 Å². The molecular weight excluding hydrogens is 233 g/mol. The zero-order chi connectivity index (χ0) is 11.7. The van der Waals surface area contributed by atoms with Crippen molar-refractivity contribution in [3.8, 4) is 0 Å². The van der Waals surface area contributed by atoms with E-state index in [-0.39, 0.29) is 13.0 Å². The third-order valence-corrected chi connectivity index (χ3v) is 2.68. The quantitative estimate of drug-likeness (QED) is 0.898. The van der Waals surface area contributed by atoms with Crippen molar-refractivity contribution in [2.75, 3.05) is 0 Å². The Labute approximate surface area is 96.1 Å². The molecular formula is C11H9ClFNO2. The molecule has 3 nitrogen and oxygen atoms in total. The van der Waals surface area contributed by atoms with Gasteiger partial charge in [-0.3, -0.25) is 4.79 Å². The highest BCUT2D eigenvalue weighted by molar-refractivity contribution is 6.31. The molecule has 16 heavy (non-hydrogen) atoms. The maximum Gasteiger partial charge on any atom is 0.305 e. The molecule has 0 saturated carbocycles. The molecule has 1 aromatic carbocycles. The average Bonchev–Trinajstić information content (AvgIpc) is 2.52. The molecule has 0 spiro atoms. The molecule has 0 saturated heterocycles.